The maximum atomic E-state index is 6.28. The van der Waals surface area contributed by atoms with E-state index in [1.165, 1.54) is 5.39 Å². The number of nitrogen functional groups attached to an aromatic ring is 1. The van der Waals surface area contributed by atoms with E-state index in [9.17, 15) is 0 Å². The average molecular weight is 289 g/mol. The summed E-state index contributed by atoms with van der Waals surface area (Å²) in [6.07, 6.45) is 0. The van der Waals surface area contributed by atoms with Crippen LogP contribution in [-0.4, -0.2) is 16.9 Å². The van der Waals surface area contributed by atoms with Crippen molar-refractivity contribution in [3.63, 3.8) is 0 Å². The molecule has 4 nitrogen and oxygen atoms in total. The van der Waals surface area contributed by atoms with E-state index in [2.05, 4.69) is 29.4 Å². The van der Waals surface area contributed by atoms with E-state index in [1.54, 1.807) is 11.8 Å². The van der Waals surface area contributed by atoms with Crippen LogP contribution in [0.3, 0.4) is 0 Å². The lowest BCUT2D eigenvalue weighted by Crippen LogP contribution is -2.01. The quantitative estimate of drug-likeness (QED) is 0.611. The minimum atomic E-state index is 0.615. The fourth-order valence-electron chi connectivity index (χ4n) is 2.72. The van der Waals surface area contributed by atoms with Gasteiger partial charge in [0.1, 0.15) is 11.6 Å². The van der Waals surface area contributed by atoms with Crippen LogP contribution in [-0.2, 0) is 0 Å². The number of methoxy groups -OCH3 is 1. The Balaban J connectivity index is 1.93. The third-order valence-corrected chi connectivity index (χ3v) is 3.89. The number of hydrogen-bond acceptors (Lipinski definition) is 3. The second-order valence-electron chi connectivity index (χ2n) is 5.21. The summed E-state index contributed by atoms with van der Waals surface area (Å²) < 4.78 is 7.03. The first kappa shape index (κ1) is 12.7. The SMILES string of the molecule is COc1ccc2nn(-c3ccc4ccccc4c3)c(N)c2c1. The molecule has 0 fully saturated rings. The van der Waals surface area contributed by atoms with Crippen LogP contribution >= 0.6 is 0 Å². The Morgan fingerprint density at radius 3 is 2.59 bits per heavy atom. The van der Waals surface area contributed by atoms with Crippen molar-refractivity contribution in [2.75, 3.05) is 12.8 Å². The van der Waals surface area contributed by atoms with Gasteiger partial charge in [-0.15, -0.1) is 0 Å². The molecule has 0 saturated heterocycles. The van der Waals surface area contributed by atoms with Gasteiger partial charge >= 0.3 is 0 Å². The molecule has 22 heavy (non-hydrogen) atoms. The van der Waals surface area contributed by atoms with E-state index < -0.39 is 0 Å². The van der Waals surface area contributed by atoms with E-state index >= 15 is 0 Å². The summed E-state index contributed by atoms with van der Waals surface area (Å²) >= 11 is 0. The number of nitrogens with zero attached hydrogens (tertiary/aromatic N) is 2. The highest BCUT2D eigenvalue weighted by molar-refractivity contribution is 5.91. The summed E-state index contributed by atoms with van der Waals surface area (Å²) in [7, 11) is 1.64. The van der Waals surface area contributed by atoms with Crippen molar-refractivity contribution in [1.29, 1.82) is 0 Å². The van der Waals surface area contributed by atoms with Crippen molar-refractivity contribution in [1.82, 2.24) is 9.78 Å². The van der Waals surface area contributed by atoms with E-state index in [0.29, 0.717) is 5.82 Å². The molecule has 0 bridgehead atoms. The Bertz CT molecular complexity index is 988. The minimum absolute atomic E-state index is 0.615. The molecule has 0 radical (unpaired) electrons. The molecule has 0 atom stereocenters. The second-order valence-corrected chi connectivity index (χ2v) is 5.21. The van der Waals surface area contributed by atoms with Gasteiger partial charge in [0.05, 0.1) is 18.3 Å². The van der Waals surface area contributed by atoms with Gasteiger partial charge in [-0.25, -0.2) is 4.68 Å². The largest absolute Gasteiger partial charge is 0.497 e. The Kier molecular flexibility index (Phi) is 2.76. The number of fused-ring (bicyclic) bond motifs is 2. The van der Waals surface area contributed by atoms with Crippen molar-refractivity contribution in [2.24, 2.45) is 0 Å². The molecule has 0 aliphatic rings. The summed E-state index contributed by atoms with van der Waals surface area (Å²) in [6.45, 7) is 0. The van der Waals surface area contributed by atoms with Crippen molar-refractivity contribution in [2.45, 2.75) is 0 Å². The van der Waals surface area contributed by atoms with Crippen molar-refractivity contribution in [3.8, 4) is 11.4 Å². The van der Waals surface area contributed by atoms with Gasteiger partial charge in [-0.3, -0.25) is 0 Å². The fourth-order valence-corrected chi connectivity index (χ4v) is 2.72. The van der Waals surface area contributed by atoms with Gasteiger partial charge in [-0.05, 0) is 41.1 Å². The first-order valence-electron chi connectivity index (χ1n) is 7.08. The number of aromatic nitrogens is 2. The van der Waals surface area contributed by atoms with Gasteiger partial charge < -0.3 is 10.5 Å². The Morgan fingerprint density at radius 1 is 0.955 bits per heavy atom. The Morgan fingerprint density at radius 2 is 1.77 bits per heavy atom. The molecule has 1 heterocycles. The van der Waals surface area contributed by atoms with Crippen LogP contribution < -0.4 is 10.5 Å². The van der Waals surface area contributed by atoms with E-state index in [4.69, 9.17) is 10.5 Å². The number of hydrogen-bond donors (Lipinski definition) is 1. The zero-order valence-electron chi connectivity index (χ0n) is 12.2. The van der Waals surface area contributed by atoms with Crippen molar-refractivity contribution >= 4 is 27.5 Å². The van der Waals surface area contributed by atoms with Gasteiger partial charge in [-0.2, -0.15) is 5.10 Å². The molecule has 1 aromatic heterocycles. The van der Waals surface area contributed by atoms with Gasteiger partial charge in [0.25, 0.3) is 0 Å². The zero-order chi connectivity index (χ0) is 15.1. The molecule has 3 aromatic carbocycles. The van der Waals surface area contributed by atoms with Crippen molar-refractivity contribution in [3.05, 3.63) is 60.7 Å². The molecule has 2 N–H and O–H groups in total. The van der Waals surface area contributed by atoms with E-state index in [1.807, 2.05) is 36.4 Å². The predicted octanol–water partition coefficient (Wildman–Crippen LogP) is 3.77. The summed E-state index contributed by atoms with van der Waals surface area (Å²) in [5.41, 5.74) is 8.09. The minimum Gasteiger partial charge on any atom is -0.497 e. The van der Waals surface area contributed by atoms with Crippen LogP contribution in [0.5, 0.6) is 5.75 Å². The number of rotatable bonds is 2. The maximum absolute atomic E-state index is 6.28. The fraction of sp³-hybridized carbons (Fsp3) is 0.0556. The average Bonchev–Trinajstić information content (AvgIpc) is 2.90. The first-order valence-corrected chi connectivity index (χ1v) is 7.08. The van der Waals surface area contributed by atoms with Crippen LogP contribution in [0.15, 0.2) is 60.7 Å². The molecular weight excluding hydrogens is 274 g/mol. The lowest BCUT2D eigenvalue weighted by Gasteiger charge is -2.05. The number of benzene rings is 3. The van der Waals surface area contributed by atoms with Gasteiger partial charge in [0.15, 0.2) is 0 Å². The van der Waals surface area contributed by atoms with Crippen LogP contribution in [0.1, 0.15) is 0 Å². The lowest BCUT2D eigenvalue weighted by molar-refractivity contribution is 0.415. The molecule has 0 aliphatic heterocycles. The summed E-state index contributed by atoms with van der Waals surface area (Å²) in [5.74, 6) is 1.39. The molecule has 0 spiro atoms. The highest BCUT2D eigenvalue weighted by Gasteiger charge is 2.11. The van der Waals surface area contributed by atoms with Crippen LogP contribution in [0.25, 0.3) is 27.4 Å². The summed E-state index contributed by atoms with van der Waals surface area (Å²) in [5, 5.41) is 7.86. The van der Waals surface area contributed by atoms with Crippen LogP contribution in [0.2, 0.25) is 0 Å². The van der Waals surface area contributed by atoms with E-state index in [-0.39, 0.29) is 0 Å². The predicted molar refractivity (Wildman–Crippen MR) is 89.5 cm³/mol. The van der Waals surface area contributed by atoms with Gasteiger partial charge in [0, 0.05) is 5.39 Å². The highest BCUT2D eigenvalue weighted by Crippen LogP contribution is 2.28. The molecule has 0 saturated carbocycles. The standard InChI is InChI=1S/C18H15N3O/c1-22-15-8-9-17-16(11-15)18(19)21(20-17)14-7-6-12-4-2-3-5-13(12)10-14/h2-11H,19H2,1H3. The normalized spacial score (nSPS) is 11.1. The molecule has 0 unspecified atom stereocenters. The third-order valence-electron chi connectivity index (χ3n) is 3.89. The first-order chi connectivity index (χ1) is 10.8. The Hall–Kier alpha value is -3.01. The smallest absolute Gasteiger partial charge is 0.135 e. The van der Waals surface area contributed by atoms with Gasteiger partial charge in [0.2, 0.25) is 0 Å². The third kappa shape index (κ3) is 1.89. The number of ether oxygens (including phenoxy) is 1. The summed E-state index contributed by atoms with van der Waals surface area (Å²) in [6, 6.07) is 20.2. The van der Waals surface area contributed by atoms with Crippen molar-refractivity contribution < 1.29 is 4.74 Å². The monoisotopic (exact) mass is 289 g/mol. The molecule has 4 rings (SSSR count). The summed E-state index contributed by atoms with van der Waals surface area (Å²) in [4.78, 5) is 0. The van der Waals surface area contributed by atoms with E-state index in [0.717, 1.165) is 27.7 Å². The second kappa shape index (κ2) is 4.77. The maximum Gasteiger partial charge on any atom is 0.135 e. The Labute approximate surface area is 127 Å². The van der Waals surface area contributed by atoms with Crippen LogP contribution in [0, 0.1) is 0 Å². The highest BCUT2D eigenvalue weighted by atomic mass is 16.5. The van der Waals surface area contributed by atoms with Crippen LogP contribution in [0.4, 0.5) is 5.82 Å². The topological polar surface area (TPSA) is 53.1 Å². The molecule has 0 amide bonds. The number of anilines is 1. The number of nitrogens with two attached hydrogens (primary N) is 1. The van der Waals surface area contributed by atoms with Gasteiger partial charge in [-0.1, -0.05) is 30.3 Å². The molecule has 4 heteroatoms. The molecule has 108 valence electrons. The molecular formula is C18H15N3O. The zero-order valence-corrected chi connectivity index (χ0v) is 12.2. The molecule has 0 aliphatic carbocycles. The lowest BCUT2D eigenvalue weighted by atomic mass is 10.1. The molecule has 4 aromatic rings.